The average Bonchev–Trinajstić information content (AvgIpc) is 3.38. The minimum atomic E-state index is -0.550. The molecule has 0 bridgehead atoms. The van der Waals surface area contributed by atoms with E-state index >= 15 is 0 Å². The highest BCUT2D eigenvalue weighted by molar-refractivity contribution is 7.08. The monoisotopic (exact) mass is 490 g/mol. The molecule has 1 amide bonds. The smallest absolute Gasteiger partial charge is 0.223 e. The lowest BCUT2D eigenvalue weighted by Gasteiger charge is -2.33. The first-order valence-corrected chi connectivity index (χ1v) is 12.4. The van der Waals surface area contributed by atoms with Crippen LogP contribution in [0.15, 0.2) is 68.5 Å². The zero-order chi connectivity index (χ0) is 24.5. The summed E-state index contributed by atoms with van der Waals surface area (Å²) in [4.78, 5) is 30.4. The number of amides is 1. The largest absolute Gasteiger partial charge is 0.507 e. The Labute approximate surface area is 206 Å². The Morgan fingerprint density at radius 1 is 1.06 bits per heavy atom. The molecule has 2 N–H and O–H groups in total. The van der Waals surface area contributed by atoms with E-state index in [4.69, 9.17) is 4.42 Å². The molecule has 0 unspecified atom stereocenters. The maximum Gasteiger partial charge on any atom is 0.223 e. The summed E-state index contributed by atoms with van der Waals surface area (Å²) >= 11 is 1.49. The first kappa shape index (κ1) is 23.1. The van der Waals surface area contributed by atoms with Crippen molar-refractivity contribution in [3.8, 4) is 22.8 Å². The fourth-order valence-corrected chi connectivity index (χ4v) is 5.34. The van der Waals surface area contributed by atoms with Gasteiger partial charge in [0.1, 0.15) is 28.2 Å². The molecule has 180 valence electrons. The Balaban J connectivity index is 1.66. The van der Waals surface area contributed by atoms with E-state index in [1.165, 1.54) is 17.4 Å². The van der Waals surface area contributed by atoms with Crippen LogP contribution >= 0.6 is 11.3 Å². The molecule has 1 aliphatic rings. The van der Waals surface area contributed by atoms with Gasteiger partial charge in [-0.05, 0) is 29.4 Å². The third-order valence-corrected chi connectivity index (χ3v) is 7.29. The van der Waals surface area contributed by atoms with Gasteiger partial charge in [0.05, 0.1) is 0 Å². The van der Waals surface area contributed by atoms with Gasteiger partial charge in [0.2, 0.25) is 5.91 Å². The van der Waals surface area contributed by atoms with Gasteiger partial charge in [-0.1, -0.05) is 30.3 Å². The molecule has 8 heteroatoms. The van der Waals surface area contributed by atoms with Crippen molar-refractivity contribution >= 4 is 28.2 Å². The number of fused-ring (bicyclic) bond motifs is 1. The van der Waals surface area contributed by atoms with Gasteiger partial charge < -0.3 is 24.4 Å². The molecular weight excluding hydrogens is 464 g/mol. The van der Waals surface area contributed by atoms with Crippen LogP contribution in [-0.4, -0.2) is 59.1 Å². The topological polar surface area (TPSA) is 94.2 Å². The number of phenols is 2. The number of aromatic hydroxyl groups is 2. The quantitative estimate of drug-likeness (QED) is 0.435. The van der Waals surface area contributed by atoms with E-state index in [0.29, 0.717) is 30.0 Å². The first-order valence-electron chi connectivity index (χ1n) is 11.5. The molecular formula is C27H26N2O5S. The van der Waals surface area contributed by atoms with Crippen LogP contribution in [0.1, 0.15) is 23.5 Å². The lowest BCUT2D eigenvalue weighted by molar-refractivity contribution is -0.133. The van der Waals surface area contributed by atoms with Crippen molar-refractivity contribution in [1.29, 1.82) is 0 Å². The number of hydrogen-bond donors (Lipinski definition) is 2. The number of phenolic OH excluding ortho intramolecular Hbond substituents is 2. The molecule has 1 saturated heterocycles. The van der Waals surface area contributed by atoms with E-state index in [-0.39, 0.29) is 34.8 Å². The molecule has 1 fully saturated rings. The maximum absolute atomic E-state index is 13.3. The van der Waals surface area contributed by atoms with Gasteiger partial charge in [-0.2, -0.15) is 11.3 Å². The maximum atomic E-state index is 13.3. The third kappa shape index (κ3) is 4.54. The average molecular weight is 491 g/mol. The summed E-state index contributed by atoms with van der Waals surface area (Å²) in [6.07, 6.45) is 0.104. The molecule has 2 aromatic heterocycles. The van der Waals surface area contributed by atoms with Gasteiger partial charge in [-0.3, -0.25) is 9.59 Å². The van der Waals surface area contributed by atoms with Gasteiger partial charge in [-0.25, -0.2) is 0 Å². The van der Waals surface area contributed by atoms with E-state index in [1.807, 2.05) is 59.1 Å². The normalized spacial score (nSPS) is 15.4. The Kier molecular flexibility index (Phi) is 6.32. The Bertz CT molecular complexity index is 1410. The summed E-state index contributed by atoms with van der Waals surface area (Å²) in [5, 5.41) is 25.4. The van der Waals surface area contributed by atoms with Gasteiger partial charge in [0.25, 0.3) is 0 Å². The Morgan fingerprint density at radius 2 is 1.80 bits per heavy atom. The standard InChI is InChI=1S/C27H26N2O5S/c1-28-8-10-29(11-9-28)24(33)13-19(18-7-12-35-16-18)25-20(30)14-21(31)26-22(32)15-23(34-27(25)26)17-5-3-2-4-6-17/h2-7,12,14-16,19,30-31H,8-11,13H2,1H3/t19-/m1/s1. The number of hydrogen-bond acceptors (Lipinski definition) is 7. The lowest BCUT2D eigenvalue weighted by Crippen LogP contribution is -2.47. The molecule has 5 rings (SSSR count). The number of nitrogens with zero attached hydrogens (tertiary/aromatic N) is 2. The summed E-state index contributed by atoms with van der Waals surface area (Å²) in [6, 6.07) is 13.6. The van der Waals surface area contributed by atoms with E-state index in [9.17, 15) is 19.8 Å². The molecule has 0 spiro atoms. The predicted molar refractivity (Wildman–Crippen MR) is 136 cm³/mol. The second kappa shape index (κ2) is 9.56. The molecule has 1 aliphatic heterocycles. The summed E-state index contributed by atoms with van der Waals surface area (Å²) in [7, 11) is 2.03. The number of piperazine rings is 1. The number of likely N-dealkylation sites (N-methyl/N-ethyl adjacent to an activating group) is 1. The fourth-order valence-electron chi connectivity index (χ4n) is 4.62. The molecule has 1 atom stereocenters. The van der Waals surface area contributed by atoms with Crippen LogP contribution in [-0.2, 0) is 4.79 Å². The molecule has 0 radical (unpaired) electrons. The van der Waals surface area contributed by atoms with E-state index in [0.717, 1.165) is 24.7 Å². The number of benzene rings is 2. The van der Waals surface area contributed by atoms with Crippen molar-refractivity contribution in [3.05, 3.63) is 80.6 Å². The van der Waals surface area contributed by atoms with Crippen molar-refractivity contribution < 1.29 is 19.4 Å². The number of carbonyl (C=O) groups is 1. The summed E-state index contributed by atoms with van der Waals surface area (Å²) in [5.41, 5.74) is 1.54. The van der Waals surface area contributed by atoms with Crippen molar-refractivity contribution in [2.45, 2.75) is 12.3 Å². The van der Waals surface area contributed by atoms with Gasteiger partial charge in [0.15, 0.2) is 5.43 Å². The van der Waals surface area contributed by atoms with Crippen LogP contribution in [0, 0.1) is 0 Å². The van der Waals surface area contributed by atoms with Crippen LogP contribution in [0.4, 0.5) is 0 Å². The Hall–Kier alpha value is -3.62. The van der Waals surface area contributed by atoms with Crippen LogP contribution in [0.25, 0.3) is 22.3 Å². The zero-order valence-electron chi connectivity index (χ0n) is 19.3. The van der Waals surface area contributed by atoms with Crippen LogP contribution in [0.3, 0.4) is 0 Å². The summed E-state index contributed by atoms with van der Waals surface area (Å²) < 4.78 is 6.19. The predicted octanol–water partition coefficient (Wildman–Crippen LogP) is 4.23. The number of carbonyl (C=O) groups excluding carboxylic acids is 1. The lowest BCUT2D eigenvalue weighted by atomic mass is 9.87. The van der Waals surface area contributed by atoms with Crippen molar-refractivity contribution in [1.82, 2.24) is 9.80 Å². The van der Waals surface area contributed by atoms with Gasteiger partial charge >= 0.3 is 0 Å². The van der Waals surface area contributed by atoms with Crippen molar-refractivity contribution in [3.63, 3.8) is 0 Å². The van der Waals surface area contributed by atoms with Crippen molar-refractivity contribution in [2.24, 2.45) is 0 Å². The highest BCUT2D eigenvalue weighted by atomic mass is 32.1. The zero-order valence-corrected chi connectivity index (χ0v) is 20.1. The van der Waals surface area contributed by atoms with Gasteiger partial charge in [0, 0.05) is 61.8 Å². The second-order valence-electron chi connectivity index (χ2n) is 8.87. The molecule has 2 aromatic carbocycles. The third-order valence-electron chi connectivity index (χ3n) is 6.58. The van der Waals surface area contributed by atoms with E-state index < -0.39 is 11.3 Å². The molecule has 3 heterocycles. The summed E-state index contributed by atoms with van der Waals surface area (Å²) in [5.74, 6) is -0.833. The molecule has 35 heavy (non-hydrogen) atoms. The highest BCUT2D eigenvalue weighted by Crippen LogP contribution is 2.43. The Morgan fingerprint density at radius 3 is 2.49 bits per heavy atom. The number of thiophene rings is 1. The van der Waals surface area contributed by atoms with E-state index in [2.05, 4.69) is 4.90 Å². The SMILES string of the molecule is CN1CCN(C(=O)C[C@H](c2ccsc2)c2c(O)cc(O)c3c(=O)cc(-c4ccccc4)oc23)CC1. The van der Waals surface area contributed by atoms with Gasteiger partial charge in [-0.15, -0.1) is 0 Å². The van der Waals surface area contributed by atoms with Crippen molar-refractivity contribution in [2.75, 3.05) is 33.2 Å². The molecule has 7 nitrogen and oxygen atoms in total. The second-order valence-corrected chi connectivity index (χ2v) is 9.65. The minimum Gasteiger partial charge on any atom is -0.507 e. The molecule has 0 aliphatic carbocycles. The highest BCUT2D eigenvalue weighted by Gasteiger charge is 2.30. The summed E-state index contributed by atoms with van der Waals surface area (Å²) in [6.45, 7) is 2.89. The minimum absolute atomic E-state index is 0.00948. The molecule has 0 saturated carbocycles. The molecule has 4 aromatic rings. The number of rotatable bonds is 5. The first-order chi connectivity index (χ1) is 16.9. The van der Waals surface area contributed by atoms with Crippen LogP contribution in [0.5, 0.6) is 11.5 Å². The van der Waals surface area contributed by atoms with E-state index in [1.54, 1.807) is 0 Å². The van der Waals surface area contributed by atoms with Crippen LogP contribution < -0.4 is 5.43 Å². The van der Waals surface area contributed by atoms with Crippen LogP contribution in [0.2, 0.25) is 0 Å². The fraction of sp³-hybridized carbons (Fsp3) is 0.259.